The Labute approximate surface area is 173 Å². The molecule has 29 heavy (non-hydrogen) atoms. The standard InChI is InChI=1S/C26H25O2P/c1-2-23(25(27)28)24-26(20-12-6-3-7-13-20,21-14-8-4-9-15-21)18-19-29(24)22-16-10-5-11-17-22/h3-17H,2,18-19H2,1H3,(H,27,28). The molecule has 1 fully saturated rings. The topological polar surface area (TPSA) is 37.3 Å². The highest BCUT2D eigenvalue weighted by atomic mass is 31.1. The minimum absolute atomic E-state index is 0.395. The highest BCUT2D eigenvalue weighted by molar-refractivity contribution is 7.70. The number of carboxylic acid groups (broad SMARTS) is 1. The zero-order chi connectivity index (χ0) is 20.3. The van der Waals surface area contributed by atoms with Gasteiger partial charge in [-0.15, -0.1) is 0 Å². The van der Waals surface area contributed by atoms with Crippen molar-refractivity contribution in [2.45, 2.75) is 25.2 Å². The molecule has 0 amide bonds. The van der Waals surface area contributed by atoms with Crippen molar-refractivity contribution in [3.05, 3.63) is 113 Å². The molecule has 2 nitrogen and oxygen atoms in total. The van der Waals surface area contributed by atoms with E-state index < -0.39 is 19.3 Å². The first-order chi connectivity index (χ1) is 14.2. The van der Waals surface area contributed by atoms with Crippen LogP contribution < -0.4 is 5.30 Å². The van der Waals surface area contributed by atoms with Gasteiger partial charge in [-0.1, -0.05) is 97.9 Å². The molecule has 3 aromatic carbocycles. The molecule has 1 N–H and O–H groups in total. The number of rotatable bonds is 5. The molecule has 1 aliphatic heterocycles. The van der Waals surface area contributed by atoms with E-state index in [0.29, 0.717) is 12.0 Å². The summed E-state index contributed by atoms with van der Waals surface area (Å²) in [6.07, 6.45) is 2.45. The van der Waals surface area contributed by atoms with Crippen molar-refractivity contribution < 1.29 is 9.90 Å². The van der Waals surface area contributed by atoms with Crippen molar-refractivity contribution in [3.8, 4) is 0 Å². The van der Waals surface area contributed by atoms with Crippen molar-refractivity contribution in [2.24, 2.45) is 0 Å². The summed E-state index contributed by atoms with van der Waals surface area (Å²) in [5, 5.41) is 12.6. The molecule has 1 heterocycles. The number of hydrogen-bond acceptors (Lipinski definition) is 1. The van der Waals surface area contributed by atoms with Gasteiger partial charge in [-0.3, -0.25) is 0 Å². The summed E-state index contributed by atoms with van der Waals surface area (Å²) in [5.74, 6) is -0.788. The first kappa shape index (κ1) is 19.6. The molecule has 0 spiro atoms. The largest absolute Gasteiger partial charge is 0.478 e. The van der Waals surface area contributed by atoms with E-state index in [0.717, 1.165) is 17.9 Å². The van der Waals surface area contributed by atoms with E-state index in [-0.39, 0.29) is 0 Å². The fourth-order valence-corrected chi connectivity index (χ4v) is 7.86. The Bertz CT molecular complexity index is 971. The van der Waals surface area contributed by atoms with Gasteiger partial charge in [0, 0.05) is 11.0 Å². The van der Waals surface area contributed by atoms with Gasteiger partial charge in [-0.05, 0) is 48.7 Å². The monoisotopic (exact) mass is 400 g/mol. The van der Waals surface area contributed by atoms with Gasteiger partial charge >= 0.3 is 5.97 Å². The van der Waals surface area contributed by atoms with Gasteiger partial charge in [0.25, 0.3) is 0 Å². The molecule has 146 valence electrons. The lowest BCUT2D eigenvalue weighted by Crippen LogP contribution is -2.28. The van der Waals surface area contributed by atoms with Crippen LogP contribution in [-0.4, -0.2) is 17.2 Å². The molecule has 4 rings (SSSR count). The molecule has 3 aromatic rings. The van der Waals surface area contributed by atoms with Crippen molar-refractivity contribution >= 4 is 19.2 Å². The average Bonchev–Trinajstić information content (AvgIpc) is 3.17. The van der Waals surface area contributed by atoms with Crippen LogP contribution in [0.25, 0.3) is 0 Å². The van der Waals surface area contributed by atoms with Crippen molar-refractivity contribution in [2.75, 3.05) is 6.16 Å². The molecule has 0 saturated carbocycles. The number of hydrogen-bond donors (Lipinski definition) is 1. The van der Waals surface area contributed by atoms with Crippen molar-refractivity contribution in [3.63, 3.8) is 0 Å². The molecule has 3 heteroatoms. The van der Waals surface area contributed by atoms with E-state index in [4.69, 9.17) is 0 Å². The molecule has 0 radical (unpaired) electrons. The zero-order valence-electron chi connectivity index (χ0n) is 16.6. The van der Waals surface area contributed by atoms with Crippen molar-refractivity contribution in [1.82, 2.24) is 0 Å². The lowest BCUT2D eigenvalue weighted by molar-refractivity contribution is -0.132. The Morgan fingerprint density at radius 1 is 0.862 bits per heavy atom. The number of aliphatic carboxylic acids is 1. The Hall–Kier alpha value is -2.70. The molecule has 0 aliphatic carbocycles. The molecule has 1 saturated heterocycles. The second kappa shape index (κ2) is 8.35. The molecular weight excluding hydrogens is 375 g/mol. The van der Waals surface area contributed by atoms with E-state index in [2.05, 4.69) is 72.8 Å². The van der Waals surface area contributed by atoms with Crippen molar-refractivity contribution in [1.29, 1.82) is 0 Å². The highest BCUT2D eigenvalue weighted by Crippen LogP contribution is 2.65. The number of carboxylic acids is 1. The van der Waals surface area contributed by atoms with Crippen LogP contribution in [0.4, 0.5) is 0 Å². The minimum atomic E-state index is -0.788. The van der Waals surface area contributed by atoms with Gasteiger partial charge in [0.15, 0.2) is 0 Å². The van der Waals surface area contributed by atoms with E-state index in [1.807, 2.05) is 25.1 Å². The maximum absolute atomic E-state index is 12.4. The minimum Gasteiger partial charge on any atom is -0.478 e. The van der Waals surface area contributed by atoms with Crippen LogP contribution in [-0.2, 0) is 10.2 Å². The maximum Gasteiger partial charge on any atom is 0.331 e. The first-order valence-electron chi connectivity index (χ1n) is 10.1. The highest BCUT2D eigenvalue weighted by Gasteiger charge is 2.48. The fourth-order valence-electron chi connectivity index (χ4n) is 4.62. The lowest BCUT2D eigenvalue weighted by Gasteiger charge is -2.35. The summed E-state index contributed by atoms with van der Waals surface area (Å²) in [6.45, 7) is 1.97. The summed E-state index contributed by atoms with van der Waals surface area (Å²) in [5.41, 5.74) is 2.56. The third kappa shape index (κ3) is 3.43. The quantitative estimate of drug-likeness (QED) is 0.426. The summed E-state index contributed by atoms with van der Waals surface area (Å²) in [7, 11) is -0.718. The van der Waals surface area contributed by atoms with Crippen LogP contribution in [0.5, 0.6) is 0 Å². The Morgan fingerprint density at radius 2 is 1.34 bits per heavy atom. The van der Waals surface area contributed by atoms with Crippen LogP contribution >= 0.6 is 7.92 Å². The summed E-state index contributed by atoms with van der Waals surface area (Å²) >= 11 is 0. The Balaban J connectivity index is 2.05. The van der Waals surface area contributed by atoms with Gasteiger partial charge in [0.2, 0.25) is 0 Å². The predicted octanol–water partition coefficient (Wildman–Crippen LogP) is 5.93. The normalized spacial score (nSPS) is 19.7. The van der Waals surface area contributed by atoms with E-state index in [1.165, 1.54) is 16.4 Å². The van der Waals surface area contributed by atoms with E-state index >= 15 is 0 Å². The molecular formula is C26H25O2P. The Kier molecular flexibility index (Phi) is 5.65. The second-order valence-electron chi connectivity index (χ2n) is 7.36. The van der Waals surface area contributed by atoms with Crippen LogP contribution in [0.1, 0.15) is 30.9 Å². The summed E-state index contributed by atoms with van der Waals surface area (Å²) in [6, 6.07) is 31.4. The summed E-state index contributed by atoms with van der Waals surface area (Å²) in [4.78, 5) is 12.4. The SMILES string of the molecule is CCC(C(=O)O)=C1P(c2ccccc2)CCC1(c1ccccc1)c1ccccc1. The third-order valence-electron chi connectivity index (χ3n) is 5.88. The number of carbonyl (C=O) groups is 1. The van der Waals surface area contributed by atoms with Gasteiger partial charge in [-0.25, -0.2) is 4.79 Å². The maximum atomic E-state index is 12.4. The number of allylic oxidation sites excluding steroid dienone is 1. The molecule has 1 unspecified atom stereocenters. The van der Waals surface area contributed by atoms with E-state index in [9.17, 15) is 9.90 Å². The van der Waals surface area contributed by atoms with Crippen LogP contribution in [0.15, 0.2) is 102 Å². The van der Waals surface area contributed by atoms with Crippen LogP contribution in [0, 0.1) is 0 Å². The second-order valence-corrected chi connectivity index (χ2v) is 9.63. The fraction of sp³-hybridized carbons (Fsp3) is 0.192. The smallest absolute Gasteiger partial charge is 0.331 e. The summed E-state index contributed by atoms with van der Waals surface area (Å²) < 4.78 is 0. The molecule has 1 aliphatic rings. The molecule has 0 aromatic heterocycles. The van der Waals surface area contributed by atoms with Crippen LogP contribution in [0.2, 0.25) is 0 Å². The van der Waals surface area contributed by atoms with E-state index in [1.54, 1.807) is 0 Å². The predicted molar refractivity (Wildman–Crippen MR) is 121 cm³/mol. The third-order valence-corrected chi connectivity index (χ3v) is 8.67. The average molecular weight is 400 g/mol. The number of benzene rings is 3. The molecule has 0 bridgehead atoms. The zero-order valence-corrected chi connectivity index (χ0v) is 17.5. The lowest BCUT2D eigenvalue weighted by atomic mass is 9.71. The molecule has 1 atom stereocenters. The van der Waals surface area contributed by atoms with Crippen LogP contribution in [0.3, 0.4) is 0 Å². The van der Waals surface area contributed by atoms with Gasteiger partial charge in [-0.2, -0.15) is 0 Å². The van der Waals surface area contributed by atoms with Gasteiger partial charge in [0.1, 0.15) is 0 Å². The van der Waals surface area contributed by atoms with Gasteiger partial charge < -0.3 is 5.11 Å². The Morgan fingerprint density at radius 3 is 1.79 bits per heavy atom. The van der Waals surface area contributed by atoms with Gasteiger partial charge in [0.05, 0.1) is 0 Å². The first-order valence-corrected chi connectivity index (χ1v) is 11.6.